The fourth-order valence-electron chi connectivity index (χ4n) is 2.64. The van der Waals surface area contributed by atoms with Gasteiger partial charge in [-0.05, 0) is 32.4 Å². The van der Waals surface area contributed by atoms with Gasteiger partial charge in [-0.3, -0.25) is 4.90 Å². The molecule has 0 aromatic carbocycles. The van der Waals surface area contributed by atoms with Crippen molar-refractivity contribution in [3.05, 3.63) is 0 Å². The Balaban J connectivity index is 2.03. The number of fused-ring (bicyclic) bond motifs is 1. The van der Waals surface area contributed by atoms with Gasteiger partial charge in [-0.25, -0.2) is 0 Å². The Labute approximate surface area is 80.7 Å². The molecule has 2 rings (SSSR count). The Kier molecular flexibility index (Phi) is 2.87. The summed E-state index contributed by atoms with van der Waals surface area (Å²) in [6.45, 7) is 3.21. The maximum atomic E-state index is 5.38. The monoisotopic (exact) mass is 178 g/mol. The van der Waals surface area contributed by atoms with Crippen LogP contribution in [0.5, 0.6) is 0 Å². The fourth-order valence-corrected chi connectivity index (χ4v) is 2.64. The molecule has 13 heavy (non-hydrogen) atoms. The number of likely N-dealkylation sites (tertiary alicyclic amines) is 1. The summed E-state index contributed by atoms with van der Waals surface area (Å²) in [4.78, 5) is 2.48. The van der Waals surface area contributed by atoms with Crippen LogP contribution in [0, 0.1) is 12.3 Å². The molecule has 72 valence electrons. The molecule has 2 aliphatic heterocycles. The lowest BCUT2D eigenvalue weighted by atomic mass is 10.1. The number of hydrogen-bond acceptors (Lipinski definition) is 2. The summed E-state index contributed by atoms with van der Waals surface area (Å²) in [5, 5.41) is 3.58. The molecular formula is C11H18N2. The van der Waals surface area contributed by atoms with Gasteiger partial charge in [0.05, 0.1) is 6.54 Å². The van der Waals surface area contributed by atoms with Crippen LogP contribution in [0.2, 0.25) is 0 Å². The molecule has 1 N–H and O–H groups in total. The van der Waals surface area contributed by atoms with Crippen LogP contribution in [0.25, 0.3) is 0 Å². The molecule has 2 fully saturated rings. The zero-order valence-electron chi connectivity index (χ0n) is 8.13. The number of nitrogens with zero attached hydrogens (tertiary/aromatic N) is 1. The Bertz CT molecular complexity index is 207. The lowest BCUT2D eigenvalue weighted by Crippen LogP contribution is -2.42. The first-order valence-corrected chi connectivity index (χ1v) is 5.32. The second-order valence-electron chi connectivity index (χ2n) is 4.09. The van der Waals surface area contributed by atoms with E-state index in [1.807, 2.05) is 0 Å². The molecule has 0 amide bonds. The summed E-state index contributed by atoms with van der Waals surface area (Å²) < 4.78 is 0. The van der Waals surface area contributed by atoms with Crippen molar-refractivity contribution in [3.63, 3.8) is 0 Å². The third kappa shape index (κ3) is 1.87. The summed E-state index contributed by atoms with van der Waals surface area (Å²) in [5.41, 5.74) is 0. The van der Waals surface area contributed by atoms with Crippen molar-refractivity contribution in [2.45, 2.75) is 37.8 Å². The summed E-state index contributed by atoms with van der Waals surface area (Å²) in [6.07, 6.45) is 10.7. The van der Waals surface area contributed by atoms with E-state index in [0.29, 0.717) is 0 Å². The maximum absolute atomic E-state index is 5.38. The average molecular weight is 178 g/mol. The van der Waals surface area contributed by atoms with Crippen molar-refractivity contribution in [2.24, 2.45) is 0 Å². The van der Waals surface area contributed by atoms with Crippen LogP contribution >= 0.6 is 0 Å². The minimum Gasteiger partial charge on any atom is -0.312 e. The van der Waals surface area contributed by atoms with Gasteiger partial charge in [0.25, 0.3) is 0 Å². The SMILES string of the molecule is C#CCN1CCCCC2NCCC21. The zero-order chi connectivity index (χ0) is 9.10. The number of hydrogen-bond donors (Lipinski definition) is 1. The molecule has 0 aliphatic carbocycles. The molecule has 2 atom stereocenters. The van der Waals surface area contributed by atoms with Crippen LogP contribution in [-0.4, -0.2) is 36.6 Å². The summed E-state index contributed by atoms with van der Waals surface area (Å²) in [5.74, 6) is 2.78. The molecule has 0 bridgehead atoms. The second kappa shape index (κ2) is 4.13. The van der Waals surface area contributed by atoms with Crippen LogP contribution in [0.3, 0.4) is 0 Å². The van der Waals surface area contributed by atoms with E-state index in [9.17, 15) is 0 Å². The van der Waals surface area contributed by atoms with Crippen molar-refractivity contribution >= 4 is 0 Å². The Morgan fingerprint density at radius 3 is 3.15 bits per heavy atom. The van der Waals surface area contributed by atoms with Gasteiger partial charge in [-0.15, -0.1) is 6.42 Å². The Morgan fingerprint density at radius 1 is 1.38 bits per heavy atom. The van der Waals surface area contributed by atoms with E-state index in [-0.39, 0.29) is 0 Å². The van der Waals surface area contributed by atoms with Crippen LogP contribution in [0.4, 0.5) is 0 Å². The van der Waals surface area contributed by atoms with Crippen molar-refractivity contribution in [2.75, 3.05) is 19.6 Å². The molecule has 2 heterocycles. The van der Waals surface area contributed by atoms with Crippen molar-refractivity contribution in [3.8, 4) is 12.3 Å². The van der Waals surface area contributed by atoms with E-state index in [2.05, 4.69) is 16.1 Å². The van der Waals surface area contributed by atoms with Crippen LogP contribution < -0.4 is 5.32 Å². The minimum atomic E-state index is 0.718. The van der Waals surface area contributed by atoms with E-state index in [1.165, 1.54) is 38.8 Å². The van der Waals surface area contributed by atoms with Gasteiger partial charge in [0.1, 0.15) is 0 Å². The highest BCUT2D eigenvalue weighted by atomic mass is 15.2. The molecule has 2 saturated heterocycles. The predicted molar refractivity (Wildman–Crippen MR) is 54.5 cm³/mol. The van der Waals surface area contributed by atoms with E-state index in [4.69, 9.17) is 6.42 Å². The third-order valence-electron chi connectivity index (χ3n) is 3.28. The Hall–Kier alpha value is -0.520. The zero-order valence-corrected chi connectivity index (χ0v) is 8.13. The number of nitrogens with one attached hydrogen (secondary N) is 1. The highest BCUT2D eigenvalue weighted by Gasteiger charge is 2.32. The second-order valence-corrected chi connectivity index (χ2v) is 4.09. The van der Waals surface area contributed by atoms with Gasteiger partial charge in [0.15, 0.2) is 0 Å². The fraction of sp³-hybridized carbons (Fsp3) is 0.818. The molecule has 0 aromatic heterocycles. The van der Waals surface area contributed by atoms with E-state index in [0.717, 1.165) is 18.6 Å². The van der Waals surface area contributed by atoms with Gasteiger partial charge in [-0.1, -0.05) is 12.3 Å². The van der Waals surface area contributed by atoms with Crippen molar-refractivity contribution in [1.29, 1.82) is 0 Å². The topological polar surface area (TPSA) is 15.3 Å². The standard InChI is InChI=1S/C11H18N2/c1-2-8-13-9-4-3-5-10-11(13)6-7-12-10/h1,10-12H,3-9H2. The molecule has 2 heteroatoms. The van der Waals surface area contributed by atoms with Crippen LogP contribution in [0.1, 0.15) is 25.7 Å². The number of terminal acetylenes is 1. The first-order chi connectivity index (χ1) is 6.42. The maximum Gasteiger partial charge on any atom is 0.0601 e. The molecule has 2 nitrogen and oxygen atoms in total. The first-order valence-electron chi connectivity index (χ1n) is 5.32. The highest BCUT2D eigenvalue weighted by molar-refractivity contribution is 4.97. The van der Waals surface area contributed by atoms with Gasteiger partial charge in [0.2, 0.25) is 0 Å². The smallest absolute Gasteiger partial charge is 0.0601 e. The molecule has 0 radical (unpaired) electrons. The Morgan fingerprint density at radius 2 is 2.31 bits per heavy atom. The molecule has 0 saturated carbocycles. The minimum absolute atomic E-state index is 0.718. The summed E-state index contributed by atoms with van der Waals surface area (Å²) in [6, 6.07) is 1.44. The molecule has 0 aromatic rings. The van der Waals surface area contributed by atoms with Gasteiger partial charge < -0.3 is 5.32 Å². The summed E-state index contributed by atoms with van der Waals surface area (Å²) in [7, 11) is 0. The van der Waals surface area contributed by atoms with Gasteiger partial charge in [0, 0.05) is 12.1 Å². The van der Waals surface area contributed by atoms with Crippen LogP contribution in [-0.2, 0) is 0 Å². The lowest BCUT2D eigenvalue weighted by Gasteiger charge is -2.28. The highest BCUT2D eigenvalue weighted by Crippen LogP contribution is 2.23. The van der Waals surface area contributed by atoms with E-state index < -0.39 is 0 Å². The number of rotatable bonds is 1. The first kappa shape index (κ1) is 9.05. The average Bonchev–Trinajstić information content (AvgIpc) is 2.52. The van der Waals surface area contributed by atoms with E-state index >= 15 is 0 Å². The molecule has 0 spiro atoms. The lowest BCUT2D eigenvalue weighted by molar-refractivity contribution is 0.219. The largest absolute Gasteiger partial charge is 0.312 e. The van der Waals surface area contributed by atoms with Gasteiger partial charge in [-0.2, -0.15) is 0 Å². The summed E-state index contributed by atoms with van der Waals surface area (Å²) >= 11 is 0. The molecular weight excluding hydrogens is 160 g/mol. The predicted octanol–water partition coefficient (Wildman–Crippen LogP) is 0.836. The normalized spacial score (nSPS) is 35.0. The quantitative estimate of drug-likeness (QED) is 0.598. The molecule has 2 aliphatic rings. The van der Waals surface area contributed by atoms with E-state index in [1.54, 1.807) is 0 Å². The van der Waals surface area contributed by atoms with Gasteiger partial charge >= 0.3 is 0 Å². The van der Waals surface area contributed by atoms with Crippen molar-refractivity contribution in [1.82, 2.24) is 10.2 Å². The molecule has 2 unspecified atom stereocenters. The third-order valence-corrected chi connectivity index (χ3v) is 3.28. The van der Waals surface area contributed by atoms with Crippen molar-refractivity contribution < 1.29 is 0 Å². The van der Waals surface area contributed by atoms with Crippen LogP contribution in [0.15, 0.2) is 0 Å².